The summed E-state index contributed by atoms with van der Waals surface area (Å²) in [5.74, 6) is -0.228. The van der Waals surface area contributed by atoms with Gasteiger partial charge in [0.25, 0.3) is 5.91 Å². The Morgan fingerprint density at radius 1 is 1.15 bits per heavy atom. The molecule has 0 aliphatic heterocycles. The molecule has 20 heavy (non-hydrogen) atoms. The van der Waals surface area contributed by atoms with E-state index in [9.17, 15) is 9.59 Å². The van der Waals surface area contributed by atoms with Crippen LogP contribution in [0.15, 0.2) is 47.4 Å². The van der Waals surface area contributed by atoms with Crippen molar-refractivity contribution in [3.63, 3.8) is 0 Å². The molecule has 0 aliphatic carbocycles. The third kappa shape index (κ3) is 2.44. The van der Waals surface area contributed by atoms with Crippen LogP contribution >= 0.6 is 0 Å². The average molecular weight is 268 g/mol. The van der Waals surface area contributed by atoms with Gasteiger partial charge in [-0.05, 0) is 29.8 Å². The maximum Gasteiger partial charge on any atom is 0.323 e. The summed E-state index contributed by atoms with van der Waals surface area (Å²) < 4.78 is 0. The Kier molecular flexibility index (Phi) is 3.04. The van der Waals surface area contributed by atoms with Crippen molar-refractivity contribution in [1.82, 2.24) is 20.3 Å². The molecular weight excluding hydrogens is 256 g/mol. The molecule has 6 nitrogen and oxygen atoms in total. The zero-order valence-electron chi connectivity index (χ0n) is 10.5. The zero-order valence-corrected chi connectivity index (χ0v) is 10.5. The van der Waals surface area contributed by atoms with Crippen LogP contribution in [-0.2, 0) is 6.54 Å². The van der Waals surface area contributed by atoms with Gasteiger partial charge < -0.3 is 15.3 Å². The summed E-state index contributed by atoms with van der Waals surface area (Å²) in [4.78, 5) is 32.3. The highest BCUT2D eigenvalue weighted by Crippen LogP contribution is 2.10. The second kappa shape index (κ2) is 5.00. The van der Waals surface area contributed by atoms with Gasteiger partial charge in [-0.15, -0.1) is 0 Å². The Labute approximate surface area is 113 Å². The van der Waals surface area contributed by atoms with Gasteiger partial charge in [-0.3, -0.25) is 9.78 Å². The number of aromatic nitrogens is 3. The van der Waals surface area contributed by atoms with E-state index in [-0.39, 0.29) is 11.6 Å². The molecule has 0 unspecified atom stereocenters. The molecule has 2 heterocycles. The number of benzene rings is 1. The van der Waals surface area contributed by atoms with Crippen molar-refractivity contribution in [3.05, 3.63) is 64.3 Å². The molecular formula is C14H12N4O2. The summed E-state index contributed by atoms with van der Waals surface area (Å²) in [5, 5.41) is 2.78. The maximum absolute atomic E-state index is 11.8. The van der Waals surface area contributed by atoms with Crippen LogP contribution in [0.1, 0.15) is 16.1 Å². The van der Waals surface area contributed by atoms with Crippen LogP contribution in [0.4, 0.5) is 0 Å². The number of amides is 1. The average Bonchev–Trinajstić information content (AvgIpc) is 2.85. The van der Waals surface area contributed by atoms with Crippen LogP contribution in [-0.4, -0.2) is 20.9 Å². The van der Waals surface area contributed by atoms with Gasteiger partial charge in [0.15, 0.2) is 0 Å². The minimum absolute atomic E-state index is 0.228. The van der Waals surface area contributed by atoms with Crippen LogP contribution in [0.3, 0.4) is 0 Å². The summed E-state index contributed by atoms with van der Waals surface area (Å²) in [6.45, 7) is 0.374. The minimum atomic E-state index is -0.241. The highest BCUT2D eigenvalue weighted by atomic mass is 16.2. The fraction of sp³-hybridized carbons (Fsp3) is 0.0714. The van der Waals surface area contributed by atoms with Gasteiger partial charge in [-0.2, -0.15) is 0 Å². The number of hydrogen-bond acceptors (Lipinski definition) is 3. The van der Waals surface area contributed by atoms with Crippen LogP contribution in [0.2, 0.25) is 0 Å². The summed E-state index contributed by atoms with van der Waals surface area (Å²) in [5.41, 5.74) is 2.50. The summed E-state index contributed by atoms with van der Waals surface area (Å²) in [7, 11) is 0. The Balaban J connectivity index is 1.73. The van der Waals surface area contributed by atoms with Gasteiger partial charge in [0.1, 0.15) is 5.69 Å². The number of hydrogen-bond donors (Lipinski definition) is 3. The lowest BCUT2D eigenvalue weighted by Crippen LogP contribution is -2.23. The van der Waals surface area contributed by atoms with Crippen LogP contribution < -0.4 is 11.0 Å². The number of pyridine rings is 1. The Morgan fingerprint density at radius 2 is 2.00 bits per heavy atom. The van der Waals surface area contributed by atoms with Crippen LogP contribution in [0, 0.1) is 0 Å². The summed E-state index contributed by atoms with van der Waals surface area (Å²) in [6, 6.07) is 10.7. The van der Waals surface area contributed by atoms with E-state index in [1.54, 1.807) is 30.5 Å². The van der Waals surface area contributed by atoms with E-state index in [2.05, 4.69) is 20.3 Å². The van der Waals surface area contributed by atoms with Gasteiger partial charge >= 0.3 is 5.69 Å². The number of aromatic amines is 2. The lowest BCUT2D eigenvalue weighted by Gasteiger charge is -2.04. The Hall–Kier alpha value is -2.89. The first-order valence-corrected chi connectivity index (χ1v) is 6.12. The van der Waals surface area contributed by atoms with Crippen molar-refractivity contribution >= 4 is 16.9 Å². The predicted octanol–water partition coefficient (Wildman–Crippen LogP) is 1.18. The zero-order chi connectivity index (χ0) is 13.9. The molecule has 1 aromatic carbocycles. The van der Waals surface area contributed by atoms with Crippen molar-refractivity contribution in [1.29, 1.82) is 0 Å². The molecule has 1 amide bonds. The first kappa shape index (κ1) is 12.2. The molecule has 0 fully saturated rings. The van der Waals surface area contributed by atoms with Gasteiger partial charge in [0.2, 0.25) is 0 Å². The topological polar surface area (TPSA) is 90.6 Å². The molecule has 0 saturated carbocycles. The number of H-pyrrole nitrogens is 2. The molecule has 100 valence electrons. The number of rotatable bonds is 3. The molecule has 0 aliphatic rings. The molecule has 6 heteroatoms. The largest absolute Gasteiger partial charge is 0.347 e. The lowest BCUT2D eigenvalue weighted by atomic mass is 10.2. The number of fused-ring (bicyclic) bond motifs is 1. The Bertz CT molecular complexity index is 805. The molecule has 0 saturated heterocycles. The maximum atomic E-state index is 11.8. The summed E-state index contributed by atoms with van der Waals surface area (Å²) >= 11 is 0. The van der Waals surface area contributed by atoms with Gasteiger partial charge in [-0.25, -0.2) is 4.79 Å². The fourth-order valence-corrected chi connectivity index (χ4v) is 1.96. The third-order valence-electron chi connectivity index (χ3n) is 2.93. The van der Waals surface area contributed by atoms with Crippen molar-refractivity contribution in [2.24, 2.45) is 0 Å². The van der Waals surface area contributed by atoms with E-state index < -0.39 is 0 Å². The number of nitrogens with one attached hydrogen (secondary N) is 3. The van der Waals surface area contributed by atoms with Crippen molar-refractivity contribution in [3.8, 4) is 0 Å². The Morgan fingerprint density at radius 3 is 2.80 bits per heavy atom. The van der Waals surface area contributed by atoms with E-state index in [0.717, 1.165) is 16.6 Å². The second-order valence-corrected chi connectivity index (χ2v) is 4.36. The normalized spacial score (nSPS) is 10.6. The second-order valence-electron chi connectivity index (χ2n) is 4.36. The van der Waals surface area contributed by atoms with Gasteiger partial charge in [0.05, 0.1) is 11.0 Å². The van der Waals surface area contributed by atoms with Crippen molar-refractivity contribution in [2.45, 2.75) is 6.54 Å². The van der Waals surface area contributed by atoms with E-state index in [1.165, 1.54) is 0 Å². The first-order chi connectivity index (χ1) is 9.72. The van der Waals surface area contributed by atoms with Gasteiger partial charge in [-0.1, -0.05) is 12.1 Å². The third-order valence-corrected chi connectivity index (χ3v) is 2.93. The molecule has 0 radical (unpaired) electrons. The van der Waals surface area contributed by atoms with E-state index >= 15 is 0 Å². The lowest BCUT2D eigenvalue weighted by molar-refractivity contribution is 0.0946. The minimum Gasteiger partial charge on any atom is -0.347 e. The van der Waals surface area contributed by atoms with Crippen molar-refractivity contribution < 1.29 is 4.79 Å². The van der Waals surface area contributed by atoms with Crippen LogP contribution in [0.25, 0.3) is 11.0 Å². The highest BCUT2D eigenvalue weighted by Gasteiger charge is 2.06. The number of imidazole rings is 1. The molecule has 0 atom stereocenters. The standard InChI is InChI=1S/C14H12N4O2/c19-13(11-3-1-2-6-15-11)16-8-9-4-5-10-12(7-9)18-14(20)17-10/h1-7H,8H2,(H,16,19)(H2,17,18,20). The van der Waals surface area contributed by atoms with Crippen molar-refractivity contribution in [2.75, 3.05) is 0 Å². The molecule has 0 spiro atoms. The smallest absolute Gasteiger partial charge is 0.323 e. The molecule has 3 N–H and O–H groups in total. The fourth-order valence-electron chi connectivity index (χ4n) is 1.96. The monoisotopic (exact) mass is 268 g/mol. The molecule has 0 bridgehead atoms. The quantitative estimate of drug-likeness (QED) is 0.666. The molecule has 2 aromatic heterocycles. The number of carbonyl (C=O) groups excluding carboxylic acids is 1. The van der Waals surface area contributed by atoms with Crippen LogP contribution in [0.5, 0.6) is 0 Å². The molecule has 3 aromatic rings. The summed E-state index contributed by atoms with van der Waals surface area (Å²) in [6.07, 6.45) is 1.57. The van der Waals surface area contributed by atoms with Gasteiger partial charge in [0, 0.05) is 12.7 Å². The highest BCUT2D eigenvalue weighted by molar-refractivity contribution is 5.92. The van der Waals surface area contributed by atoms with E-state index in [1.807, 2.05) is 12.1 Å². The number of nitrogens with zero attached hydrogens (tertiary/aromatic N) is 1. The SMILES string of the molecule is O=C(NCc1ccc2[nH]c(=O)[nH]c2c1)c1ccccn1. The molecule has 3 rings (SSSR count). The van der Waals surface area contributed by atoms with E-state index in [4.69, 9.17) is 0 Å². The predicted molar refractivity (Wildman–Crippen MR) is 74.3 cm³/mol. The van der Waals surface area contributed by atoms with E-state index in [0.29, 0.717) is 12.2 Å². The number of carbonyl (C=O) groups is 1. The first-order valence-electron chi connectivity index (χ1n) is 6.12.